The maximum atomic E-state index is 12.5. The van der Waals surface area contributed by atoms with Crippen molar-refractivity contribution in [2.45, 2.75) is 97.1 Å². The van der Waals surface area contributed by atoms with Gasteiger partial charge in [0.2, 0.25) is 0 Å². The van der Waals surface area contributed by atoms with Crippen LogP contribution in [0.5, 0.6) is 0 Å². The van der Waals surface area contributed by atoms with E-state index >= 15 is 0 Å². The van der Waals surface area contributed by atoms with Gasteiger partial charge in [-0.3, -0.25) is 4.79 Å². The minimum absolute atomic E-state index is 0.0295. The van der Waals surface area contributed by atoms with Crippen molar-refractivity contribution < 1.29 is 23.3 Å². The lowest BCUT2D eigenvalue weighted by atomic mass is 10.2. The Balaban J connectivity index is 4.81. The molecular formula is C19H39NO5Si2. The van der Waals surface area contributed by atoms with E-state index in [1.165, 1.54) is 7.11 Å². The van der Waals surface area contributed by atoms with Gasteiger partial charge in [0.05, 0.1) is 0 Å². The first-order chi connectivity index (χ1) is 11.9. The summed E-state index contributed by atoms with van der Waals surface area (Å²) in [6.07, 6.45) is 1.01. The average molecular weight is 418 g/mol. The maximum Gasteiger partial charge on any atom is 0.342 e. The van der Waals surface area contributed by atoms with Crippen molar-refractivity contribution in [1.29, 1.82) is 0 Å². The minimum Gasteiger partial charge on any atom is -0.519 e. The lowest BCUT2D eigenvalue weighted by Gasteiger charge is -2.35. The molecule has 0 aliphatic heterocycles. The zero-order chi connectivity index (χ0) is 21.7. The number of hydrogen-bond acceptors (Lipinski definition) is 6. The number of nitrogens with zero attached hydrogens (tertiary/aromatic N) is 1. The molecule has 0 aromatic rings. The molecule has 0 radical (unpaired) electrons. The fourth-order valence-corrected chi connectivity index (χ4v) is 3.49. The van der Waals surface area contributed by atoms with E-state index < -0.39 is 22.6 Å². The zero-order valence-electron chi connectivity index (χ0n) is 19.1. The monoisotopic (exact) mass is 417 g/mol. The summed E-state index contributed by atoms with van der Waals surface area (Å²) in [7, 11) is -2.98. The van der Waals surface area contributed by atoms with Gasteiger partial charge in [-0.2, -0.15) is 0 Å². The van der Waals surface area contributed by atoms with Crippen LogP contribution < -0.4 is 0 Å². The van der Waals surface area contributed by atoms with Gasteiger partial charge in [-0.25, -0.2) is 4.79 Å². The third-order valence-electron chi connectivity index (χ3n) is 5.56. The van der Waals surface area contributed by atoms with Crippen molar-refractivity contribution in [2.75, 3.05) is 7.11 Å². The first-order valence-electron chi connectivity index (χ1n) is 9.50. The van der Waals surface area contributed by atoms with Crippen LogP contribution in [0.25, 0.3) is 0 Å². The van der Waals surface area contributed by atoms with Crippen molar-refractivity contribution in [3.63, 3.8) is 0 Å². The standard InChI is InChI=1S/C19H39NO5Si2/c1-18(2,3)26(8,9)24-16(21)14-12-13-15(20-23-7)17(22)25-27(10,11)19(4,5)6/h12-14H2,1-11H3/b20-15-. The van der Waals surface area contributed by atoms with Crippen molar-refractivity contribution in [3.8, 4) is 0 Å². The van der Waals surface area contributed by atoms with E-state index in [2.05, 4.69) is 46.7 Å². The summed E-state index contributed by atoms with van der Waals surface area (Å²) in [5, 5.41) is 3.70. The van der Waals surface area contributed by atoms with Gasteiger partial charge in [0.25, 0.3) is 22.6 Å². The van der Waals surface area contributed by atoms with Crippen LogP contribution in [0.15, 0.2) is 5.16 Å². The van der Waals surface area contributed by atoms with Crippen molar-refractivity contribution >= 4 is 34.3 Å². The smallest absolute Gasteiger partial charge is 0.342 e. The van der Waals surface area contributed by atoms with Gasteiger partial charge < -0.3 is 13.7 Å². The lowest BCUT2D eigenvalue weighted by Crippen LogP contribution is -2.44. The maximum absolute atomic E-state index is 12.5. The molecule has 0 rings (SSSR count). The van der Waals surface area contributed by atoms with Crippen LogP contribution in [0.1, 0.15) is 60.8 Å². The molecule has 6 nitrogen and oxygen atoms in total. The van der Waals surface area contributed by atoms with Gasteiger partial charge in [-0.15, -0.1) is 0 Å². The van der Waals surface area contributed by atoms with Gasteiger partial charge in [-0.05, 0) is 42.7 Å². The summed E-state index contributed by atoms with van der Waals surface area (Å²) < 4.78 is 11.5. The van der Waals surface area contributed by atoms with Crippen molar-refractivity contribution in [2.24, 2.45) is 5.16 Å². The topological polar surface area (TPSA) is 74.2 Å². The molecule has 27 heavy (non-hydrogen) atoms. The van der Waals surface area contributed by atoms with Gasteiger partial charge in [-0.1, -0.05) is 46.7 Å². The molecule has 0 fully saturated rings. The second-order valence-electron chi connectivity index (χ2n) is 9.96. The van der Waals surface area contributed by atoms with E-state index in [1.54, 1.807) is 0 Å². The molecule has 0 heterocycles. The van der Waals surface area contributed by atoms with Crippen LogP contribution in [0.4, 0.5) is 0 Å². The fraction of sp³-hybridized carbons (Fsp3) is 0.842. The summed E-state index contributed by atoms with van der Waals surface area (Å²) >= 11 is 0. The quantitative estimate of drug-likeness (QED) is 0.306. The summed E-state index contributed by atoms with van der Waals surface area (Å²) in [5.41, 5.74) is 0.211. The Hall–Kier alpha value is -1.16. The Morgan fingerprint density at radius 1 is 0.815 bits per heavy atom. The van der Waals surface area contributed by atoms with Crippen LogP contribution in [0, 0.1) is 0 Å². The molecule has 0 amide bonds. The number of carbonyl (C=O) groups excluding carboxylic acids is 2. The lowest BCUT2D eigenvalue weighted by molar-refractivity contribution is -0.135. The fourth-order valence-electron chi connectivity index (χ4n) is 1.63. The minimum atomic E-state index is -2.25. The molecule has 0 aliphatic carbocycles. The molecule has 0 aromatic carbocycles. The highest BCUT2D eigenvalue weighted by molar-refractivity contribution is 6.76. The summed E-state index contributed by atoms with van der Waals surface area (Å²) in [6.45, 7) is 20.6. The summed E-state index contributed by atoms with van der Waals surface area (Å²) in [4.78, 5) is 29.5. The molecule has 0 bridgehead atoms. The normalized spacial score (nSPS) is 14.0. The third-order valence-corrected chi connectivity index (χ3v) is 14.2. The van der Waals surface area contributed by atoms with Crippen LogP contribution in [0.2, 0.25) is 36.3 Å². The molecule has 0 spiro atoms. The molecule has 0 N–H and O–H groups in total. The molecular weight excluding hydrogens is 378 g/mol. The SMILES string of the molecule is CO/N=C(/CCCC(=O)O[Si](C)(C)C(C)(C)C)C(=O)O[Si](C)(C)C(C)(C)C. The molecule has 0 aromatic heterocycles. The number of carbonyl (C=O) groups is 2. The van der Waals surface area contributed by atoms with E-state index in [9.17, 15) is 9.59 Å². The van der Waals surface area contributed by atoms with Gasteiger partial charge in [0.15, 0.2) is 5.71 Å². The van der Waals surface area contributed by atoms with Gasteiger partial charge in [0.1, 0.15) is 7.11 Å². The second kappa shape index (κ2) is 9.36. The summed E-state index contributed by atoms with van der Waals surface area (Å²) in [6, 6.07) is 0. The Morgan fingerprint density at radius 3 is 1.67 bits per heavy atom. The Bertz CT molecular complexity index is 557. The number of rotatable bonds is 8. The number of oxime groups is 1. The molecule has 0 unspecified atom stereocenters. The molecule has 0 atom stereocenters. The van der Waals surface area contributed by atoms with Crippen LogP contribution in [-0.4, -0.2) is 41.4 Å². The van der Waals surface area contributed by atoms with E-state index in [-0.39, 0.29) is 28.2 Å². The van der Waals surface area contributed by atoms with Crippen molar-refractivity contribution in [1.82, 2.24) is 0 Å². The highest BCUT2D eigenvalue weighted by Crippen LogP contribution is 2.37. The predicted octanol–water partition coefficient (Wildman–Crippen LogP) is 5.26. The first kappa shape index (κ1) is 25.8. The Labute approximate surface area is 167 Å². The van der Waals surface area contributed by atoms with E-state index in [0.717, 1.165) is 0 Å². The van der Waals surface area contributed by atoms with E-state index in [1.807, 2.05) is 26.2 Å². The first-order valence-corrected chi connectivity index (χ1v) is 15.3. The second-order valence-corrected chi connectivity index (χ2v) is 19.4. The summed E-state index contributed by atoms with van der Waals surface area (Å²) in [5.74, 6) is -0.683. The molecule has 158 valence electrons. The molecule has 0 saturated carbocycles. The van der Waals surface area contributed by atoms with E-state index in [4.69, 9.17) is 13.7 Å². The van der Waals surface area contributed by atoms with Crippen molar-refractivity contribution in [3.05, 3.63) is 0 Å². The Kier molecular flexibility index (Phi) is 8.96. The van der Waals surface area contributed by atoms with Crippen LogP contribution in [0.3, 0.4) is 0 Å². The Morgan fingerprint density at radius 2 is 1.26 bits per heavy atom. The van der Waals surface area contributed by atoms with Crippen LogP contribution >= 0.6 is 0 Å². The van der Waals surface area contributed by atoms with Gasteiger partial charge in [0, 0.05) is 12.8 Å². The average Bonchev–Trinajstić information content (AvgIpc) is 2.42. The predicted molar refractivity (Wildman–Crippen MR) is 115 cm³/mol. The highest BCUT2D eigenvalue weighted by atomic mass is 28.4. The molecule has 8 heteroatoms. The largest absolute Gasteiger partial charge is 0.519 e. The third kappa shape index (κ3) is 8.17. The van der Waals surface area contributed by atoms with Crippen LogP contribution in [-0.2, 0) is 23.3 Å². The zero-order valence-corrected chi connectivity index (χ0v) is 21.1. The molecule has 0 aliphatic rings. The van der Waals surface area contributed by atoms with E-state index in [0.29, 0.717) is 12.8 Å². The van der Waals surface area contributed by atoms with Gasteiger partial charge >= 0.3 is 5.97 Å². The highest BCUT2D eigenvalue weighted by Gasteiger charge is 2.42. The molecule has 0 saturated heterocycles. The number of hydrogen-bond donors (Lipinski definition) is 0.